The minimum absolute atomic E-state index is 0.204. The van der Waals surface area contributed by atoms with Crippen LogP contribution in [-0.2, 0) is 4.79 Å². The fourth-order valence-corrected chi connectivity index (χ4v) is 3.94. The lowest BCUT2D eigenvalue weighted by Gasteiger charge is -2.07. The standard InChI is InChI=1S/C27H20IN3O4/c28-24-11-4-3-9-23(24)26(33)29-17-25(32)31-30-16-18-12-14-20(15-13-18)35-27(34)22-10-5-7-19-6-1-2-8-21(19)22/h1-16H,17H2,(H,29,33)(H,31,32)/b30-16+. The largest absolute Gasteiger partial charge is 0.423 e. The number of hydrogen-bond donors (Lipinski definition) is 2. The van der Waals surface area contributed by atoms with E-state index in [1.165, 1.54) is 6.21 Å². The van der Waals surface area contributed by atoms with Gasteiger partial charge < -0.3 is 10.1 Å². The van der Waals surface area contributed by atoms with Gasteiger partial charge in [0.2, 0.25) is 0 Å². The monoisotopic (exact) mass is 577 g/mol. The van der Waals surface area contributed by atoms with Crippen LogP contribution in [0.15, 0.2) is 96.1 Å². The molecule has 0 saturated heterocycles. The summed E-state index contributed by atoms with van der Waals surface area (Å²) in [5.41, 5.74) is 4.06. The molecule has 0 aliphatic rings. The molecule has 174 valence electrons. The predicted octanol–water partition coefficient (Wildman–Crippen LogP) is 4.54. The Balaban J connectivity index is 1.28. The number of carbonyl (C=O) groups excluding carboxylic acids is 3. The molecule has 0 fully saturated rings. The highest BCUT2D eigenvalue weighted by molar-refractivity contribution is 14.1. The molecule has 35 heavy (non-hydrogen) atoms. The molecule has 2 N–H and O–H groups in total. The van der Waals surface area contributed by atoms with Crippen LogP contribution in [0.2, 0.25) is 0 Å². The quantitative estimate of drug-likeness (QED) is 0.111. The Kier molecular flexibility index (Phi) is 7.84. The minimum Gasteiger partial charge on any atom is -0.423 e. The molecular weight excluding hydrogens is 557 g/mol. The van der Waals surface area contributed by atoms with E-state index < -0.39 is 11.9 Å². The molecule has 0 bridgehead atoms. The summed E-state index contributed by atoms with van der Waals surface area (Å²) in [6.45, 7) is -0.204. The Morgan fingerprint density at radius 1 is 0.829 bits per heavy atom. The topological polar surface area (TPSA) is 96.9 Å². The molecular formula is C27H20IN3O4. The van der Waals surface area contributed by atoms with Crippen molar-refractivity contribution in [3.05, 3.63) is 111 Å². The first-order valence-electron chi connectivity index (χ1n) is 10.7. The van der Waals surface area contributed by atoms with Gasteiger partial charge in [0, 0.05) is 3.57 Å². The number of fused-ring (bicyclic) bond motifs is 1. The van der Waals surface area contributed by atoms with Crippen LogP contribution < -0.4 is 15.5 Å². The smallest absolute Gasteiger partial charge is 0.344 e. The molecule has 7 nitrogen and oxygen atoms in total. The molecule has 0 spiro atoms. The van der Waals surface area contributed by atoms with Gasteiger partial charge in [0.25, 0.3) is 11.8 Å². The van der Waals surface area contributed by atoms with Gasteiger partial charge in [0.1, 0.15) is 5.75 Å². The van der Waals surface area contributed by atoms with E-state index in [0.717, 1.165) is 14.3 Å². The highest BCUT2D eigenvalue weighted by Gasteiger charge is 2.12. The molecule has 0 radical (unpaired) electrons. The first-order valence-corrected chi connectivity index (χ1v) is 11.7. The number of hydrazone groups is 1. The van der Waals surface area contributed by atoms with Crippen LogP contribution in [0.5, 0.6) is 5.75 Å². The fraction of sp³-hybridized carbons (Fsp3) is 0.0370. The maximum absolute atomic E-state index is 12.7. The van der Waals surface area contributed by atoms with Crippen molar-refractivity contribution in [3.63, 3.8) is 0 Å². The Bertz CT molecular complexity index is 1410. The van der Waals surface area contributed by atoms with Crippen molar-refractivity contribution in [1.29, 1.82) is 0 Å². The third kappa shape index (κ3) is 6.30. The molecule has 4 aromatic carbocycles. The fourth-order valence-electron chi connectivity index (χ4n) is 3.31. The summed E-state index contributed by atoms with van der Waals surface area (Å²) in [4.78, 5) is 36.8. The first-order chi connectivity index (χ1) is 17.0. The summed E-state index contributed by atoms with van der Waals surface area (Å²) in [6.07, 6.45) is 1.45. The summed E-state index contributed by atoms with van der Waals surface area (Å²) >= 11 is 2.06. The number of rotatable bonds is 7. The minimum atomic E-state index is -0.457. The molecule has 0 aliphatic carbocycles. The molecule has 0 saturated carbocycles. The lowest BCUT2D eigenvalue weighted by Crippen LogP contribution is -2.35. The second kappa shape index (κ2) is 11.4. The van der Waals surface area contributed by atoms with Crippen molar-refractivity contribution in [2.24, 2.45) is 5.10 Å². The number of carbonyl (C=O) groups is 3. The second-order valence-electron chi connectivity index (χ2n) is 7.44. The SMILES string of the molecule is O=C(CNC(=O)c1ccccc1I)N/N=C/c1ccc(OC(=O)c2cccc3ccccc23)cc1. The number of benzene rings is 4. The van der Waals surface area contributed by atoms with E-state index in [-0.39, 0.29) is 12.5 Å². The summed E-state index contributed by atoms with van der Waals surface area (Å²) in [6, 6.07) is 26.9. The van der Waals surface area contributed by atoms with Crippen LogP contribution in [0, 0.1) is 3.57 Å². The van der Waals surface area contributed by atoms with E-state index >= 15 is 0 Å². The van der Waals surface area contributed by atoms with Crippen molar-refractivity contribution < 1.29 is 19.1 Å². The number of amides is 2. The average molecular weight is 577 g/mol. The highest BCUT2D eigenvalue weighted by Crippen LogP contribution is 2.21. The molecule has 4 rings (SSSR count). The summed E-state index contributed by atoms with van der Waals surface area (Å²) < 4.78 is 6.31. The Morgan fingerprint density at radius 3 is 2.31 bits per heavy atom. The second-order valence-corrected chi connectivity index (χ2v) is 8.60. The van der Waals surface area contributed by atoms with E-state index in [0.29, 0.717) is 22.4 Å². The van der Waals surface area contributed by atoms with Gasteiger partial charge in [-0.3, -0.25) is 9.59 Å². The molecule has 2 amide bonds. The van der Waals surface area contributed by atoms with Gasteiger partial charge in [0.15, 0.2) is 0 Å². The van der Waals surface area contributed by atoms with Crippen LogP contribution >= 0.6 is 22.6 Å². The van der Waals surface area contributed by atoms with Gasteiger partial charge in [-0.05, 0) is 81.4 Å². The summed E-state index contributed by atoms with van der Waals surface area (Å²) in [5, 5.41) is 8.25. The zero-order valence-electron chi connectivity index (χ0n) is 18.4. The number of nitrogens with one attached hydrogen (secondary N) is 2. The van der Waals surface area contributed by atoms with Crippen molar-refractivity contribution in [2.75, 3.05) is 6.54 Å². The van der Waals surface area contributed by atoms with Crippen molar-refractivity contribution in [1.82, 2.24) is 10.7 Å². The normalized spacial score (nSPS) is 10.8. The third-order valence-electron chi connectivity index (χ3n) is 5.03. The van der Waals surface area contributed by atoms with Crippen molar-refractivity contribution in [3.8, 4) is 5.75 Å². The van der Waals surface area contributed by atoms with Gasteiger partial charge in [-0.1, -0.05) is 48.5 Å². The number of hydrogen-bond acceptors (Lipinski definition) is 5. The number of nitrogens with zero attached hydrogens (tertiary/aromatic N) is 1. The zero-order valence-corrected chi connectivity index (χ0v) is 20.6. The van der Waals surface area contributed by atoms with Gasteiger partial charge >= 0.3 is 5.97 Å². The van der Waals surface area contributed by atoms with E-state index in [9.17, 15) is 14.4 Å². The van der Waals surface area contributed by atoms with E-state index in [2.05, 4.69) is 38.4 Å². The summed E-state index contributed by atoms with van der Waals surface area (Å²) in [5.74, 6) is -0.839. The van der Waals surface area contributed by atoms with Crippen LogP contribution in [-0.4, -0.2) is 30.5 Å². The van der Waals surface area contributed by atoms with Crippen LogP contribution in [0.4, 0.5) is 0 Å². The van der Waals surface area contributed by atoms with Crippen LogP contribution in [0.1, 0.15) is 26.3 Å². The number of ether oxygens (including phenoxy) is 1. The highest BCUT2D eigenvalue weighted by atomic mass is 127. The molecule has 0 unspecified atom stereocenters. The van der Waals surface area contributed by atoms with E-state index in [4.69, 9.17) is 4.74 Å². The van der Waals surface area contributed by atoms with Crippen molar-refractivity contribution >= 4 is 57.4 Å². The van der Waals surface area contributed by atoms with Gasteiger partial charge in [-0.25, -0.2) is 10.2 Å². The van der Waals surface area contributed by atoms with E-state index in [1.807, 2.05) is 48.5 Å². The summed E-state index contributed by atoms with van der Waals surface area (Å²) in [7, 11) is 0. The Labute approximate surface area is 215 Å². The average Bonchev–Trinajstić information content (AvgIpc) is 2.88. The van der Waals surface area contributed by atoms with Gasteiger partial charge in [-0.15, -0.1) is 0 Å². The van der Waals surface area contributed by atoms with Crippen LogP contribution in [0.3, 0.4) is 0 Å². The maximum atomic E-state index is 12.7. The first kappa shape index (κ1) is 24.1. The van der Waals surface area contributed by atoms with E-state index in [1.54, 1.807) is 42.5 Å². The predicted molar refractivity (Wildman–Crippen MR) is 143 cm³/mol. The van der Waals surface area contributed by atoms with Crippen molar-refractivity contribution in [2.45, 2.75) is 0 Å². The third-order valence-corrected chi connectivity index (χ3v) is 5.97. The lowest BCUT2D eigenvalue weighted by atomic mass is 10.0. The van der Waals surface area contributed by atoms with Gasteiger partial charge in [0.05, 0.1) is 23.9 Å². The number of halogens is 1. The molecule has 0 aromatic heterocycles. The Morgan fingerprint density at radius 2 is 1.51 bits per heavy atom. The lowest BCUT2D eigenvalue weighted by molar-refractivity contribution is -0.120. The zero-order chi connectivity index (χ0) is 24.6. The van der Waals surface area contributed by atoms with Crippen LogP contribution in [0.25, 0.3) is 10.8 Å². The molecule has 0 heterocycles. The number of esters is 1. The maximum Gasteiger partial charge on any atom is 0.344 e. The molecule has 4 aromatic rings. The molecule has 0 aliphatic heterocycles. The van der Waals surface area contributed by atoms with Gasteiger partial charge in [-0.2, -0.15) is 5.10 Å². The molecule has 8 heteroatoms. The Hall–Kier alpha value is -4.05. The molecule has 0 atom stereocenters.